The number of hydrogen-bond acceptors (Lipinski definition) is 4. The lowest BCUT2D eigenvalue weighted by molar-refractivity contribution is 0.108. The van der Waals surface area contributed by atoms with Crippen molar-refractivity contribution in [2.24, 2.45) is 5.92 Å². The predicted octanol–water partition coefficient (Wildman–Crippen LogP) is 2.27. The van der Waals surface area contributed by atoms with Crippen molar-refractivity contribution in [3.05, 3.63) is 18.1 Å². The van der Waals surface area contributed by atoms with Crippen molar-refractivity contribution in [3.8, 4) is 0 Å². The van der Waals surface area contributed by atoms with Crippen LogP contribution < -0.4 is 5.32 Å². The monoisotopic (exact) mass is 235 g/mol. The SMILES string of the molecule is CCCc1cc(NCC2CCOC2C)ncn1. The maximum atomic E-state index is 5.54. The minimum atomic E-state index is 0.361. The van der Waals surface area contributed by atoms with Crippen LogP contribution >= 0.6 is 0 Å². The van der Waals surface area contributed by atoms with Gasteiger partial charge in [-0.3, -0.25) is 0 Å². The van der Waals surface area contributed by atoms with E-state index in [0.29, 0.717) is 12.0 Å². The molecule has 2 rings (SSSR count). The molecule has 0 spiro atoms. The molecule has 4 nitrogen and oxygen atoms in total. The number of aryl methyl sites for hydroxylation is 1. The van der Waals surface area contributed by atoms with E-state index in [9.17, 15) is 0 Å². The van der Waals surface area contributed by atoms with Gasteiger partial charge in [0.2, 0.25) is 0 Å². The van der Waals surface area contributed by atoms with Gasteiger partial charge in [-0.25, -0.2) is 9.97 Å². The molecule has 1 aromatic rings. The molecule has 17 heavy (non-hydrogen) atoms. The molecule has 0 aromatic carbocycles. The molecule has 0 saturated carbocycles. The van der Waals surface area contributed by atoms with Crippen molar-refractivity contribution >= 4 is 5.82 Å². The summed E-state index contributed by atoms with van der Waals surface area (Å²) in [6.07, 6.45) is 5.27. The summed E-state index contributed by atoms with van der Waals surface area (Å²) in [4.78, 5) is 8.49. The van der Waals surface area contributed by atoms with Crippen LogP contribution in [0.2, 0.25) is 0 Å². The number of rotatable bonds is 5. The Hall–Kier alpha value is -1.16. The van der Waals surface area contributed by atoms with E-state index in [1.54, 1.807) is 6.33 Å². The predicted molar refractivity (Wildman–Crippen MR) is 68.0 cm³/mol. The second kappa shape index (κ2) is 5.96. The summed E-state index contributed by atoms with van der Waals surface area (Å²) in [5, 5.41) is 3.38. The Morgan fingerprint density at radius 3 is 3.06 bits per heavy atom. The third-order valence-electron chi connectivity index (χ3n) is 3.31. The molecule has 1 aromatic heterocycles. The normalized spacial score (nSPS) is 23.9. The van der Waals surface area contributed by atoms with Gasteiger partial charge in [0.1, 0.15) is 12.1 Å². The summed E-state index contributed by atoms with van der Waals surface area (Å²) in [5.41, 5.74) is 1.11. The Kier molecular flexibility index (Phi) is 4.31. The lowest BCUT2D eigenvalue weighted by atomic mass is 10.0. The average Bonchev–Trinajstić information content (AvgIpc) is 2.73. The molecule has 1 N–H and O–H groups in total. The van der Waals surface area contributed by atoms with Crippen molar-refractivity contribution in [1.82, 2.24) is 9.97 Å². The first-order valence-corrected chi connectivity index (χ1v) is 6.46. The molecule has 2 unspecified atom stereocenters. The largest absolute Gasteiger partial charge is 0.378 e. The van der Waals surface area contributed by atoms with Crippen LogP contribution in [0.1, 0.15) is 32.4 Å². The Bertz CT molecular complexity index is 356. The summed E-state index contributed by atoms with van der Waals surface area (Å²) in [5.74, 6) is 1.53. The topological polar surface area (TPSA) is 47.0 Å². The molecular formula is C13H21N3O. The fourth-order valence-electron chi connectivity index (χ4n) is 2.17. The van der Waals surface area contributed by atoms with Crippen molar-refractivity contribution in [2.75, 3.05) is 18.5 Å². The molecule has 1 aliphatic heterocycles. The number of anilines is 1. The van der Waals surface area contributed by atoms with Crippen LogP contribution in [-0.2, 0) is 11.2 Å². The van der Waals surface area contributed by atoms with E-state index in [1.165, 1.54) is 0 Å². The van der Waals surface area contributed by atoms with E-state index in [-0.39, 0.29) is 0 Å². The Balaban J connectivity index is 1.87. The van der Waals surface area contributed by atoms with Gasteiger partial charge < -0.3 is 10.1 Å². The highest BCUT2D eigenvalue weighted by Crippen LogP contribution is 2.20. The second-order valence-corrected chi connectivity index (χ2v) is 4.65. The van der Waals surface area contributed by atoms with Crippen LogP contribution in [0.15, 0.2) is 12.4 Å². The van der Waals surface area contributed by atoms with Gasteiger partial charge in [0, 0.05) is 30.8 Å². The number of ether oxygens (including phenoxy) is 1. The molecule has 94 valence electrons. The minimum absolute atomic E-state index is 0.361. The van der Waals surface area contributed by atoms with Crippen LogP contribution in [0, 0.1) is 5.92 Å². The van der Waals surface area contributed by atoms with Gasteiger partial charge in [0.05, 0.1) is 6.10 Å². The van der Waals surface area contributed by atoms with Crippen LogP contribution in [0.4, 0.5) is 5.82 Å². The Morgan fingerprint density at radius 2 is 2.35 bits per heavy atom. The van der Waals surface area contributed by atoms with Crippen molar-refractivity contribution in [2.45, 2.75) is 39.2 Å². The smallest absolute Gasteiger partial charge is 0.129 e. The maximum Gasteiger partial charge on any atom is 0.129 e. The number of hydrogen-bond donors (Lipinski definition) is 1. The average molecular weight is 235 g/mol. The van der Waals surface area contributed by atoms with Crippen LogP contribution in [-0.4, -0.2) is 29.2 Å². The molecule has 2 heterocycles. The van der Waals surface area contributed by atoms with Gasteiger partial charge in [-0.1, -0.05) is 13.3 Å². The van der Waals surface area contributed by atoms with Crippen molar-refractivity contribution < 1.29 is 4.74 Å². The highest BCUT2D eigenvalue weighted by Gasteiger charge is 2.23. The summed E-state index contributed by atoms with van der Waals surface area (Å²) in [6.45, 7) is 6.12. The van der Waals surface area contributed by atoms with Gasteiger partial charge >= 0.3 is 0 Å². The summed E-state index contributed by atoms with van der Waals surface area (Å²) >= 11 is 0. The molecule has 0 radical (unpaired) electrons. The number of aromatic nitrogens is 2. The fourth-order valence-corrected chi connectivity index (χ4v) is 2.17. The number of nitrogens with zero attached hydrogens (tertiary/aromatic N) is 2. The lowest BCUT2D eigenvalue weighted by Crippen LogP contribution is -2.21. The summed E-state index contributed by atoms with van der Waals surface area (Å²) < 4.78 is 5.54. The van der Waals surface area contributed by atoms with Gasteiger partial charge in [-0.2, -0.15) is 0 Å². The van der Waals surface area contributed by atoms with Crippen molar-refractivity contribution in [3.63, 3.8) is 0 Å². The van der Waals surface area contributed by atoms with E-state index < -0.39 is 0 Å². The van der Waals surface area contributed by atoms with E-state index in [4.69, 9.17) is 4.74 Å². The highest BCUT2D eigenvalue weighted by molar-refractivity contribution is 5.34. The van der Waals surface area contributed by atoms with E-state index in [0.717, 1.165) is 43.9 Å². The molecule has 1 fully saturated rings. The van der Waals surface area contributed by atoms with Crippen LogP contribution in [0.3, 0.4) is 0 Å². The Labute approximate surface area is 103 Å². The van der Waals surface area contributed by atoms with E-state index in [2.05, 4.69) is 29.1 Å². The van der Waals surface area contributed by atoms with Gasteiger partial charge in [-0.15, -0.1) is 0 Å². The van der Waals surface area contributed by atoms with E-state index >= 15 is 0 Å². The van der Waals surface area contributed by atoms with Crippen LogP contribution in [0.25, 0.3) is 0 Å². The molecular weight excluding hydrogens is 214 g/mol. The Morgan fingerprint density at radius 1 is 1.47 bits per heavy atom. The maximum absolute atomic E-state index is 5.54. The molecule has 1 saturated heterocycles. The molecule has 4 heteroatoms. The first-order chi connectivity index (χ1) is 8.29. The van der Waals surface area contributed by atoms with E-state index in [1.807, 2.05) is 6.07 Å². The zero-order chi connectivity index (χ0) is 12.1. The zero-order valence-corrected chi connectivity index (χ0v) is 10.6. The van der Waals surface area contributed by atoms with Crippen molar-refractivity contribution in [1.29, 1.82) is 0 Å². The molecule has 0 amide bonds. The van der Waals surface area contributed by atoms with Gasteiger partial charge in [-0.05, 0) is 19.8 Å². The van der Waals surface area contributed by atoms with Gasteiger partial charge in [0.15, 0.2) is 0 Å². The third kappa shape index (κ3) is 3.40. The summed E-state index contributed by atoms with van der Waals surface area (Å²) in [7, 11) is 0. The quantitative estimate of drug-likeness (QED) is 0.850. The second-order valence-electron chi connectivity index (χ2n) is 4.65. The highest BCUT2D eigenvalue weighted by atomic mass is 16.5. The first-order valence-electron chi connectivity index (χ1n) is 6.46. The number of nitrogens with one attached hydrogen (secondary N) is 1. The fraction of sp³-hybridized carbons (Fsp3) is 0.692. The molecule has 1 aliphatic rings. The molecule has 0 bridgehead atoms. The first kappa shape index (κ1) is 12.3. The van der Waals surface area contributed by atoms with Gasteiger partial charge in [0.25, 0.3) is 0 Å². The summed E-state index contributed by atoms with van der Waals surface area (Å²) in [6, 6.07) is 2.05. The molecule has 0 aliphatic carbocycles. The van der Waals surface area contributed by atoms with Crippen LogP contribution in [0.5, 0.6) is 0 Å². The standard InChI is InChI=1S/C13H21N3O/c1-3-4-12-7-13(16-9-15-12)14-8-11-5-6-17-10(11)2/h7,9-11H,3-6,8H2,1-2H3,(H,14,15,16). The minimum Gasteiger partial charge on any atom is -0.378 e. The molecule has 2 atom stereocenters. The third-order valence-corrected chi connectivity index (χ3v) is 3.31. The lowest BCUT2D eigenvalue weighted by Gasteiger charge is -2.15. The zero-order valence-electron chi connectivity index (χ0n) is 10.6.